The van der Waals surface area contributed by atoms with E-state index in [2.05, 4.69) is 10.3 Å². The lowest BCUT2D eigenvalue weighted by molar-refractivity contribution is -0.122. The molecule has 0 radical (unpaired) electrons. The Morgan fingerprint density at radius 2 is 1.82 bits per heavy atom. The summed E-state index contributed by atoms with van der Waals surface area (Å²) >= 11 is 0. The second-order valence-electron chi connectivity index (χ2n) is 6.50. The average Bonchev–Trinajstić information content (AvgIpc) is 2.68. The molecule has 4 aromatic rings. The molecule has 0 fully saturated rings. The van der Waals surface area contributed by atoms with Crippen LogP contribution in [-0.2, 0) is 4.79 Å². The van der Waals surface area contributed by atoms with Crippen LogP contribution in [0.2, 0.25) is 0 Å². The number of nitrogens with one attached hydrogen (secondary N) is 1. The second kappa shape index (κ2) is 7.15. The first-order valence-electron chi connectivity index (χ1n) is 8.88. The Morgan fingerprint density at radius 3 is 2.61 bits per heavy atom. The lowest BCUT2D eigenvalue weighted by atomic mass is 10.1. The first-order valence-corrected chi connectivity index (χ1v) is 8.88. The highest BCUT2D eigenvalue weighted by Crippen LogP contribution is 2.25. The minimum atomic E-state index is -0.710. The summed E-state index contributed by atoms with van der Waals surface area (Å²) in [6, 6.07) is 18.0. The number of aromatic nitrogens is 1. The molecular weight excluding hydrogens is 356 g/mol. The third-order valence-corrected chi connectivity index (χ3v) is 4.44. The van der Waals surface area contributed by atoms with Crippen LogP contribution in [0.5, 0.6) is 5.75 Å². The Kier molecular flexibility index (Phi) is 4.53. The number of amides is 1. The third kappa shape index (κ3) is 3.32. The van der Waals surface area contributed by atoms with Gasteiger partial charge in [-0.05, 0) is 49.7 Å². The molecule has 0 aliphatic rings. The molecule has 2 aromatic carbocycles. The van der Waals surface area contributed by atoms with E-state index in [9.17, 15) is 9.59 Å². The van der Waals surface area contributed by atoms with Crippen molar-refractivity contribution in [2.45, 2.75) is 20.0 Å². The molecule has 0 aliphatic heterocycles. The summed E-state index contributed by atoms with van der Waals surface area (Å²) in [7, 11) is 0. The highest BCUT2D eigenvalue weighted by atomic mass is 16.5. The molecule has 6 heteroatoms. The van der Waals surface area contributed by atoms with Gasteiger partial charge in [0.1, 0.15) is 17.2 Å². The molecule has 0 saturated carbocycles. The topological polar surface area (TPSA) is 81.4 Å². The molecule has 2 aromatic heterocycles. The Hall–Kier alpha value is -3.67. The maximum absolute atomic E-state index is 12.5. The summed E-state index contributed by atoms with van der Waals surface area (Å²) in [5.74, 6) is 0.632. The maximum Gasteiger partial charge on any atom is 0.346 e. The molecule has 4 rings (SSSR count). The van der Waals surface area contributed by atoms with E-state index in [1.807, 2.05) is 30.3 Å². The Bertz CT molecular complexity index is 1230. The van der Waals surface area contributed by atoms with Crippen molar-refractivity contribution in [2.75, 3.05) is 5.32 Å². The van der Waals surface area contributed by atoms with Crippen LogP contribution in [0.15, 0.2) is 69.9 Å². The van der Waals surface area contributed by atoms with Gasteiger partial charge in [-0.15, -0.1) is 0 Å². The number of ether oxygens (including phenoxy) is 1. The van der Waals surface area contributed by atoms with E-state index in [4.69, 9.17) is 9.15 Å². The Labute approximate surface area is 160 Å². The summed E-state index contributed by atoms with van der Waals surface area (Å²) in [6.07, 6.45) is -0.710. The number of carbonyl (C=O) groups is 1. The van der Waals surface area contributed by atoms with E-state index in [0.717, 1.165) is 0 Å². The number of nitrogens with zero attached hydrogens (tertiary/aromatic N) is 1. The van der Waals surface area contributed by atoms with Crippen molar-refractivity contribution in [3.63, 3.8) is 0 Å². The normalized spacial score (nSPS) is 12.1. The van der Waals surface area contributed by atoms with E-state index in [1.165, 1.54) is 0 Å². The number of para-hydroxylation sites is 2. The molecular formula is C22H18N2O4. The molecule has 0 saturated heterocycles. The first-order chi connectivity index (χ1) is 13.5. The number of carbonyl (C=O) groups excluding carboxylic acids is 1. The predicted octanol–water partition coefficient (Wildman–Crippen LogP) is 4.06. The van der Waals surface area contributed by atoms with Crippen molar-refractivity contribution in [3.8, 4) is 5.75 Å². The number of benzene rings is 2. The second-order valence-corrected chi connectivity index (χ2v) is 6.50. The summed E-state index contributed by atoms with van der Waals surface area (Å²) in [5.41, 5.74) is 1.18. The van der Waals surface area contributed by atoms with Crippen LogP contribution in [0.25, 0.3) is 21.9 Å². The van der Waals surface area contributed by atoms with Crippen molar-refractivity contribution < 1.29 is 13.9 Å². The summed E-state index contributed by atoms with van der Waals surface area (Å²) in [4.78, 5) is 29.4. The van der Waals surface area contributed by atoms with Gasteiger partial charge in [-0.25, -0.2) is 9.78 Å². The standard InChI is InChI=1S/C22H18N2O4/c1-13-12-18(24-21(25)14(2)27-15-8-4-3-5-9-15)23-20-16-10-6-7-11-17(16)28-22(26)19(13)20/h3-12,14H,1-2H3,(H,23,24,25)/t14-/m1/s1. The maximum atomic E-state index is 12.5. The molecule has 2 heterocycles. The van der Waals surface area contributed by atoms with E-state index >= 15 is 0 Å². The number of hydrogen-bond acceptors (Lipinski definition) is 5. The quantitative estimate of drug-likeness (QED) is 0.430. The fourth-order valence-electron chi connectivity index (χ4n) is 3.08. The number of rotatable bonds is 4. The van der Waals surface area contributed by atoms with E-state index < -0.39 is 11.7 Å². The predicted molar refractivity (Wildman–Crippen MR) is 108 cm³/mol. The van der Waals surface area contributed by atoms with Crippen LogP contribution in [0.4, 0.5) is 5.82 Å². The summed E-state index contributed by atoms with van der Waals surface area (Å²) in [6.45, 7) is 3.45. The highest BCUT2D eigenvalue weighted by molar-refractivity contribution is 6.04. The van der Waals surface area contributed by atoms with E-state index in [0.29, 0.717) is 39.0 Å². The molecule has 28 heavy (non-hydrogen) atoms. The number of pyridine rings is 1. The smallest absolute Gasteiger partial charge is 0.346 e. The third-order valence-electron chi connectivity index (χ3n) is 4.44. The van der Waals surface area contributed by atoms with Gasteiger partial charge in [0, 0.05) is 5.39 Å². The average molecular weight is 374 g/mol. The molecule has 1 N–H and O–H groups in total. The fraction of sp³-hybridized carbons (Fsp3) is 0.136. The largest absolute Gasteiger partial charge is 0.481 e. The minimum Gasteiger partial charge on any atom is -0.481 e. The molecule has 140 valence electrons. The Morgan fingerprint density at radius 1 is 1.11 bits per heavy atom. The zero-order chi connectivity index (χ0) is 19.7. The van der Waals surface area contributed by atoms with Crippen LogP contribution >= 0.6 is 0 Å². The number of aryl methyl sites for hydroxylation is 1. The molecule has 6 nitrogen and oxygen atoms in total. The SMILES string of the molecule is Cc1cc(NC(=O)[C@@H](C)Oc2ccccc2)nc2c1c(=O)oc1ccccc12. The zero-order valence-electron chi connectivity index (χ0n) is 15.4. The van der Waals surface area contributed by atoms with Crippen molar-refractivity contribution in [3.05, 3.63) is 76.6 Å². The van der Waals surface area contributed by atoms with Gasteiger partial charge >= 0.3 is 5.63 Å². The fourth-order valence-corrected chi connectivity index (χ4v) is 3.08. The van der Waals surface area contributed by atoms with Gasteiger partial charge in [0.05, 0.1) is 10.9 Å². The molecule has 1 atom stereocenters. The van der Waals surface area contributed by atoms with Crippen LogP contribution in [0.1, 0.15) is 12.5 Å². The number of hydrogen-bond donors (Lipinski definition) is 1. The summed E-state index contributed by atoms with van der Waals surface area (Å²) < 4.78 is 11.0. The van der Waals surface area contributed by atoms with Crippen molar-refractivity contribution in [1.82, 2.24) is 4.98 Å². The molecule has 1 amide bonds. The van der Waals surface area contributed by atoms with Gasteiger partial charge in [0.2, 0.25) is 0 Å². The van der Waals surface area contributed by atoms with Crippen molar-refractivity contribution in [1.29, 1.82) is 0 Å². The van der Waals surface area contributed by atoms with Gasteiger partial charge in [0.15, 0.2) is 6.10 Å². The lowest BCUT2D eigenvalue weighted by Crippen LogP contribution is -2.30. The van der Waals surface area contributed by atoms with E-state index in [-0.39, 0.29) is 5.91 Å². The first kappa shape index (κ1) is 17.7. The van der Waals surface area contributed by atoms with Gasteiger partial charge < -0.3 is 14.5 Å². The molecule has 0 bridgehead atoms. The molecule has 0 spiro atoms. The van der Waals surface area contributed by atoms with Crippen molar-refractivity contribution in [2.24, 2.45) is 0 Å². The molecule has 0 aliphatic carbocycles. The lowest BCUT2D eigenvalue weighted by Gasteiger charge is -2.15. The summed E-state index contributed by atoms with van der Waals surface area (Å²) in [5, 5.41) is 3.89. The minimum absolute atomic E-state index is 0.331. The van der Waals surface area contributed by atoms with Crippen LogP contribution in [0, 0.1) is 6.92 Å². The van der Waals surface area contributed by atoms with Gasteiger partial charge in [-0.2, -0.15) is 0 Å². The van der Waals surface area contributed by atoms with E-state index in [1.54, 1.807) is 44.2 Å². The molecule has 0 unspecified atom stereocenters. The van der Waals surface area contributed by atoms with Gasteiger partial charge in [-0.3, -0.25) is 4.79 Å². The monoisotopic (exact) mass is 374 g/mol. The van der Waals surface area contributed by atoms with Crippen LogP contribution in [0.3, 0.4) is 0 Å². The van der Waals surface area contributed by atoms with Crippen LogP contribution < -0.4 is 15.7 Å². The zero-order valence-corrected chi connectivity index (χ0v) is 15.4. The van der Waals surface area contributed by atoms with Gasteiger partial charge in [-0.1, -0.05) is 30.3 Å². The number of fused-ring (bicyclic) bond motifs is 3. The van der Waals surface area contributed by atoms with Gasteiger partial charge in [0.25, 0.3) is 5.91 Å². The van der Waals surface area contributed by atoms with Crippen molar-refractivity contribution >= 4 is 33.6 Å². The van der Waals surface area contributed by atoms with Crippen LogP contribution in [-0.4, -0.2) is 17.0 Å². The Balaban J connectivity index is 1.68. The highest BCUT2D eigenvalue weighted by Gasteiger charge is 2.18. The number of anilines is 1.